The molecule has 112 valence electrons. The summed E-state index contributed by atoms with van der Waals surface area (Å²) in [5.74, 6) is 0.905. The molecule has 0 aliphatic carbocycles. The fourth-order valence-corrected chi connectivity index (χ4v) is 3.51. The van der Waals surface area contributed by atoms with Crippen molar-refractivity contribution in [2.45, 2.75) is 23.8 Å². The van der Waals surface area contributed by atoms with Crippen LogP contribution in [-0.4, -0.2) is 41.8 Å². The number of sulfonamides is 1. The lowest BCUT2D eigenvalue weighted by molar-refractivity contribution is 0.353. The van der Waals surface area contributed by atoms with E-state index in [0.29, 0.717) is 18.0 Å². The molecule has 0 spiro atoms. The molecule has 1 aromatic rings. The lowest BCUT2D eigenvalue weighted by atomic mass is 10.1. The van der Waals surface area contributed by atoms with Crippen molar-refractivity contribution in [1.82, 2.24) is 10.0 Å². The van der Waals surface area contributed by atoms with Gasteiger partial charge in [-0.2, -0.15) is 0 Å². The Morgan fingerprint density at radius 3 is 2.60 bits per heavy atom. The Balaban J connectivity index is 2.20. The highest BCUT2D eigenvalue weighted by molar-refractivity contribution is 7.89. The molecule has 1 aliphatic rings. The molecule has 6 nitrogen and oxygen atoms in total. The third kappa shape index (κ3) is 3.41. The second-order valence-electron chi connectivity index (χ2n) is 4.68. The highest BCUT2D eigenvalue weighted by atomic mass is 32.2. The van der Waals surface area contributed by atoms with Crippen LogP contribution in [0.25, 0.3) is 0 Å². The van der Waals surface area contributed by atoms with Crippen LogP contribution in [0, 0.1) is 0 Å². The van der Waals surface area contributed by atoms with Crippen LogP contribution in [0.4, 0.5) is 0 Å². The van der Waals surface area contributed by atoms with E-state index in [1.54, 1.807) is 6.07 Å². The first-order valence-corrected chi connectivity index (χ1v) is 8.00. The third-order valence-corrected chi connectivity index (χ3v) is 4.80. The van der Waals surface area contributed by atoms with Crippen molar-refractivity contribution < 1.29 is 17.9 Å². The van der Waals surface area contributed by atoms with Gasteiger partial charge in [0.25, 0.3) is 0 Å². The zero-order valence-corrected chi connectivity index (χ0v) is 12.5. The number of hydrogen-bond donors (Lipinski definition) is 2. The topological polar surface area (TPSA) is 76.7 Å². The van der Waals surface area contributed by atoms with Gasteiger partial charge in [0.2, 0.25) is 10.0 Å². The van der Waals surface area contributed by atoms with E-state index in [1.165, 1.54) is 26.4 Å². The molecule has 1 fully saturated rings. The minimum atomic E-state index is -3.54. The number of ether oxygens (including phenoxy) is 2. The maximum Gasteiger partial charge on any atom is 0.241 e. The molecule has 20 heavy (non-hydrogen) atoms. The van der Waals surface area contributed by atoms with E-state index >= 15 is 0 Å². The lowest BCUT2D eigenvalue weighted by Gasteiger charge is -2.23. The summed E-state index contributed by atoms with van der Waals surface area (Å²) >= 11 is 0. The minimum Gasteiger partial charge on any atom is -0.493 e. The van der Waals surface area contributed by atoms with Crippen molar-refractivity contribution in [1.29, 1.82) is 0 Å². The van der Waals surface area contributed by atoms with Gasteiger partial charge in [-0.25, -0.2) is 13.1 Å². The van der Waals surface area contributed by atoms with E-state index < -0.39 is 10.0 Å². The molecule has 7 heteroatoms. The van der Waals surface area contributed by atoms with Gasteiger partial charge in [0, 0.05) is 18.7 Å². The highest BCUT2D eigenvalue weighted by Gasteiger charge is 2.22. The summed E-state index contributed by atoms with van der Waals surface area (Å²) in [6, 6.07) is 4.51. The van der Waals surface area contributed by atoms with Gasteiger partial charge in [0.1, 0.15) is 0 Å². The molecule has 1 saturated heterocycles. The Morgan fingerprint density at radius 2 is 2.00 bits per heavy atom. The number of rotatable bonds is 5. The molecule has 2 N–H and O–H groups in total. The molecule has 1 aromatic carbocycles. The fourth-order valence-electron chi connectivity index (χ4n) is 2.22. The van der Waals surface area contributed by atoms with Gasteiger partial charge in [-0.3, -0.25) is 0 Å². The molecular weight excluding hydrogens is 280 g/mol. The third-order valence-electron chi connectivity index (χ3n) is 3.28. The van der Waals surface area contributed by atoms with Gasteiger partial charge in [0.05, 0.1) is 19.1 Å². The van der Waals surface area contributed by atoms with Crippen molar-refractivity contribution in [3.8, 4) is 11.5 Å². The Kier molecular flexibility index (Phi) is 4.85. The van der Waals surface area contributed by atoms with Crippen molar-refractivity contribution in [2.24, 2.45) is 0 Å². The molecule has 1 heterocycles. The van der Waals surface area contributed by atoms with Crippen LogP contribution in [-0.2, 0) is 10.0 Å². The monoisotopic (exact) mass is 300 g/mol. The number of benzene rings is 1. The minimum absolute atomic E-state index is 0.0677. The second-order valence-corrected chi connectivity index (χ2v) is 6.40. The van der Waals surface area contributed by atoms with Crippen LogP contribution in [0.3, 0.4) is 0 Å². The Hall–Kier alpha value is -1.31. The van der Waals surface area contributed by atoms with Gasteiger partial charge in [-0.05, 0) is 31.5 Å². The van der Waals surface area contributed by atoms with Crippen molar-refractivity contribution in [3.05, 3.63) is 18.2 Å². The quantitative estimate of drug-likeness (QED) is 0.838. The summed E-state index contributed by atoms with van der Waals surface area (Å²) in [4.78, 5) is 0.181. The normalized spacial score (nSPS) is 19.6. The molecule has 0 amide bonds. The van der Waals surface area contributed by atoms with E-state index in [2.05, 4.69) is 10.0 Å². The summed E-state index contributed by atoms with van der Waals surface area (Å²) in [6.45, 7) is 1.60. The Labute approximate surface area is 119 Å². The summed E-state index contributed by atoms with van der Waals surface area (Å²) in [5.41, 5.74) is 0. The second kappa shape index (κ2) is 6.43. The highest BCUT2D eigenvalue weighted by Crippen LogP contribution is 2.29. The number of methoxy groups -OCH3 is 2. The maximum atomic E-state index is 12.3. The van der Waals surface area contributed by atoms with E-state index in [-0.39, 0.29) is 10.9 Å². The summed E-state index contributed by atoms with van der Waals surface area (Å²) < 4.78 is 37.6. The van der Waals surface area contributed by atoms with Crippen molar-refractivity contribution in [2.75, 3.05) is 27.3 Å². The van der Waals surface area contributed by atoms with Crippen LogP contribution in [0.2, 0.25) is 0 Å². The molecule has 1 aliphatic heterocycles. The van der Waals surface area contributed by atoms with E-state index in [9.17, 15) is 8.42 Å². The first-order chi connectivity index (χ1) is 9.56. The Bertz CT molecular complexity index is 553. The van der Waals surface area contributed by atoms with Crippen LogP contribution < -0.4 is 19.5 Å². The smallest absolute Gasteiger partial charge is 0.241 e. The summed E-state index contributed by atoms with van der Waals surface area (Å²) in [5, 5.41) is 3.18. The number of piperidine rings is 1. The van der Waals surface area contributed by atoms with Crippen LogP contribution in [0.5, 0.6) is 11.5 Å². The van der Waals surface area contributed by atoms with Crippen molar-refractivity contribution >= 4 is 10.0 Å². The molecule has 2 rings (SSSR count). The first-order valence-electron chi connectivity index (χ1n) is 6.52. The molecule has 1 unspecified atom stereocenters. The van der Waals surface area contributed by atoms with Crippen LogP contribution in [0.1, 0.15) is 12.8 Å². The first kappa shape index (κ1) is 15.1. The molecule has 0 bridgehead atoms. The van der Waals surface area contributed by atoms with E-state index in [4.69, 9.17) is 9.47 Å². The molecule has 0 aromatic heterocycles. The molecule has 0 radical (unpaired) electrons. The standard InChI is InChI=1S/C13H20N2O4S/c1-18-12-6-5-11(8-13(12)19-2)20(16,17)15-10-4-3-7-14-9-10/h5-6,8,10,14-15H,3-4,7,9H2,1-2H3. The van der Waals surface area contributed by atoms with E-state index in [1.807, 2.05) is 0 Å². The van der Waals surface area contributed by atoms with Crippen molar-refractivity contribution in [3.63, 3.8) is 0 Å². The SMILES string of the molecule is COc1ccc(S(=O)(=O)NC2CCCNC2)cc1OC. The maximum absolute atomic E-state index is 12.3. The number of nitrogens with one attached hydrogen (secondary N) is 2. The van der Waals surface area contributed by atoms with Gasteiger partial charge >= 0.3 is 0 Å². The molecule has 1 atom stereocenters. The summed E-state index contributed by atoms with van der Waals surface area (Å²) in [7, 11) is -0.552. The average molecular weight is 300 g/mol. The summed E-state index contributed by atoms with van der Waals surface area (Å²) in [6.07, 6.45) is 1.82. The largest absolute Gasteiger partial charge is 0.493 e. The van der Waals surface area contributed by atoms with E-state index in [0.717, 1.165) is 19.4 Å². The van der Waals surface area contributed by atoms with Crippen LogP contribution >= 0.6 is 0 Å². The zero-order chi connectivity index (χ0) is 14.6. The van der Waals surface area contributed by atoms with Crippen LogP contribution in [0.15, 0.2) is 23.1 Å². The van der Waals surface area contributed by atoms with Gasteiger partial charge in [-0.15, -0.1) is 0 Å². The van der Waals surface area contributed by atoms with Gasteiger partial charge in [-0.1, -0.05) is 0 Å². The van der Waals surface area contributed by atoms with Gasteiger partial charge < -0.3 is 14.8 Å². The zero-order valence-electron chi connectivity index (χ0n) is 11.7. The predicted molar refractivity (Wildman–Crippen MR) is 75.8 cm³/mol. The molecule has 0 saturated carbocycles. The van der Waals surface area contributed by atoms with Gasteiger partial charge in [0.15, 0.2) is 11.5 Å². The average Bonchev–Trinajstić information content (AvgIpc) is 2.47. The molecular formula is C13H20N2O4S. The Morgan fingerprint density at radius 1 is 1.25 bits per heavy atom. The number of hydrogen-bond acceptors (Lipinski definition) is 5. The predicted octanol–water partition coefficient (Wildman–Crippen LogP) is 0.734. The fraction of sp³-hybridized carbons (Fsp3) is 0.538. The lowest BCUT2D eigenvalue weighted by Crippen LogP contribution is -2.45.